The number of carbonyl (C=O) groups is 1. The number of amides is 1. The number of nitrogen functional groups attached to an aromatic ring is 1. The molecule has 0 saturated heterocycles. The standard InChI is InChI=1S/C27H33ClN4O3/c1-3-32(17-22-14-23(33)8-9-24(22)28)27(35)13-20-6-4-5-19(12-20)11-18(2)30-16-25(34)21-7-10-26(29)31-15-21/h4-10,12,14-15,18,25,30,33-34H,3,11,13,16-17H2,1-2H3,(H2,29,31)/t18-,25+/m1/s1. The van der Waals surface area contributed by atoms with Crippen molar-refractivity contribution in [2.75, 3.05) is 18.8 Å². The minimum atomic E-state index is -0.672. The molecule has 1 heterocycles. The summed E-state index contributed by atoms with van der Waals surface area (Å²) in [5.41, 5.74) is 9.08. The van der Waals surface area contributed by atoms with E-state index in [1.54, 1.807) is 35.4 Å². The van der Waals surface area contributed by atoms with Gasteiger partial charge in [0.25, 0.3) is 0 Å². The second-order valence-electron chi connectivity index (χ2n) is 8.73. The number of carbonyl (C=O) groups excluding carboxylic acids is 1. The highest BCUT2D eigenvalue weighted by Crippen LogP contribution is 2.23. The molecule has 0 bridgehead atoms. The van der Waals surface area contributed by atoms with Crippen LogP contribution in [0.4, 0.5) is 5.82 Å². The van der Waals surface area contributed by atoms with E-state index in [0.717, 1.165) is 17.5 Å². The van der Waals surface area contributed by atoms with Crippen molar-refractivity contribution in [3.8, 4) is 5.75 Å². The zero-order valence-corrected chi connectivity index (χ0v) is 20.9. The van der Waals surface area contributed by atoms with E-state index in [-0.39, 0.29) is 24.1 Å². The van der Waals surface area contributed by atoms with Crippen LogP contribution >= 0.6 is 11.6 Å². The first-order valence-corrected chi connectivity index (χ1v) is 12.1. The zero-order valence-electron chi connectivity index (χ0n) is 20.1. The Morgan fingerprint density at radius 2 is 1.94 bits per heavy atom. The van der Waals surface area contributed by atoms with Crippen LogP contribution in [0.1, 0.15) is 42.2 Å². The van der Waals surface area contributed by atoms with Gasteiger partial charge >= 0.3 is 0 Å². The Hall–Kier alpha value is -3.13. The molecule has 1 amide bonds. The van der Waals surface area contributed by atoms with Crippen molar-refractivity contribution in [2.45, 2.75) is 45.4 Å². The number of anilines is 1. The van der Waals surface area contributed by atoms with Gasteiger partial charge in [-0.2, -0.15) is 0 Å². The lowest BCUT2D eigenvalue weighted by atomic mass is 10.0. The fourth-order valence-electron chi connectivity index (χ4n) is 3.89. The van der Waals surface area contributed by atoms with E-state index in [1.807, 2.05) is 31.2 Å². The number of benzene rings is 2. The number of aliphatic hydroxyl groups excluding tert-OH is 1. The number of phenols is 1. The van der Waals surface area contributed by atoms with Crippen molar-refractivity contribution < 1.29 is 15.0 Å². The van der Waals surface area contributed by atoms with Crippen LogP contribution in [-0.2, 0) is 24.2 Å². The number of aromatic hydroxyl groups is 1. The van der Waals surface area contributed by atoms with Crippen LogP contribution in [0.15, 0.2) is 60.8 Å². The number of aromatic nitrogens is 1. The monoisotopic (exact) mass is 496 g/mol. The van der Waals surface area contributed by atoms with Crippen molar-refractivity contribution in [1.29, 1.82) is 0 Å². The van der Waals surface area contributed by atoms with Gasteiger partial charge < -0.3 is 26.2 Å². The van der Waals surface area contributed by atoms with Crippen LogP contribution < -0.4 is 11.1 Å². The summed E-state index contributed by atoms with van der Waals surface area (Å²) in [5, 5.41) is 24.0. The molecule has 186 valence electrons. The molecule has 0 unspecified atom stereocenters. The van der Waals surface area contributed by atoms with E-state index in [1.165, 1.54) is 6.07 Å². The molecule has 35 heavy (non-hydrogen) atoms. The number of hydrogen-bond donors (Lipinski definition) is 4. The number of halogens is 1. The highest BCUT2D eigenvalue weighted by Gasteiger charge is 2.16. The first-order chi connectivity index (χ1) is 16.7. The van der Waals surface area contributed by atoms with Crippen LogP contribution in [0, 0.1) is 0 Å². The minimum Gasteiger partial charge on any atom is -0.508 e. The molecule has 5 N–H and O–H groups in total. The second-order valence-corrected chi connectivity index (χ2v) is 9.13. The fourth-order valence-corrected chi connectivity index (χ4v) is 4.06. The van der Waals surface area contributed by atoms with E-state index in [9.17, 15) is 15.0 Å². The van der Waals surface area contributed by atoms with E-state index >= 15 is 0 Å². The lowest BCUT2D eigenvalue weighted by Gasteiger charge is -2.22. The summed E-state index contributed by atoms with van der Waals surface area (Å²) in [4.78, 5) is 18.7. The molecule has 3 aromatic rings. The molecule has 7 nitrogen and oxygen atoms in total. The highest BCUT2D eigenvalue weighted by atomic mass is 35.5. The van der Waals surface area contributed by atoms with E-state index in [2.05, 4.69) is 17.2 Å². The van der Waals surface area contributed by atoms with Gasteiger partial charge in [-0.05, 0) is 61.2 Å². The zero-order chi connectivity index (χ0) is 25.4. The quantitative estimate of drug-likeness (QED) is 0.320. The number of nitrogens with zero attached hydrogens (tertiary/aromatic N) is 2. The summed E-state index contributed by atoms with van der Waals surface area (Å²) in [6.07, 6.45) is 1.95. The van der Waals surface area contributed by atoms with Crippen LogP contribution in [-0.4, -0.2) is 45.1 Å². The van der Waals surface area contributed by atoms with Crippen molar-refractivity contribution in [3.63, 3.8) is 0 Å². The molecular formula is C27H33ClN4O3. The Kier molecular flexibility index (Phi) is 9.48. The summed E-state index contributed by atoms with van der Waals surface area (Å²) < 4.78 is 0. The number of nitrogens with one attached hydrogen (secondary N) is 1. The van der Waals surface area contributed by atoms with Crippen molar-refractivity contribution in [2.24, 2.45) is 0 Å². The molecule has 0 aliphatic rings. The average Bonchev–Trinajstić information content (AvgIpc) is 2.83. The Morgan fingerprint density at radius 3 is 2.66 bits per heavy atom. The van der Waals surface area contributed by atoms with Gasteiger partial charge in [-0.1, -0.05) is 41.9 Å². The molecule has 0 saturated carbocycles. The van der Waals surface area contributed by atoms with Gasteiger partial charge in [-0.15, -0.1) is 0 Å². The molecule has 2 aromatic carbocycles. The number of nitrogens with two attached hydrogens (primary N) is 1. The number of likely N-dealkylation sites (N-methyl/N-ethyl adjacent to an activating group) is 1. The molecule has 2 atom stereocenters. The summed E-state index contributed by atoms with van der Waals surface area (Å²) in [6, 6.07) is 16.3. The number of aliphatic hydroxyl groups is 1. The Bertz CT molecular complexity index is 1120. The van der Waals surface area contributed by atoms with Crippen LogP contribution in [0.25, 0.3) is 0 Å². The predicted molar refractivity (Wildman–Crippen MR) is 139 cm³/mol. The molecule has 3 rings (SSSR count). The molecule has 0 aliphatic carbocycles. The first-order valence-electron chi connectivity index (χ1n) is 11.7. The summed E-state index contributed by atoms with van der Waals surface area (Å²) in [5.74, 6) is 0.544. The number of phenolic OH excluding ortho intramolecular Hbond substituents is 1. The molecular weight excluding hydrogens is 464 g/mol. The van der Waals surface area contributed by atoms with Gasteiger partial charge in [0.2, 0.25) is 5.91 Å². The number of rotatable bonds is 11. The number of pyridine rings is 1. The smallest absolute Gasteiger partial charge is 0.227 e. The van der Waals surface area contributed by atoms with E-state index in [0.29, 0.717) is 41.6 Å². The van der Waals surface area contributed by atoms with Gasteiger partial charge in [0.15, 0.2) is 0 Å². The Balaban J connectivity index is 1.55. The third-order valence-corrected chi connectivity index (χ3v) is 6.24. The normalized spacial score (nSPS) is 12.8. The molecule has 0 aliphatic heterocycles. The maximum atomic E-state index is 13.0. The summed E-state index contributed by atoms with van der Waals surface area (Å²) >= 11 is 6.24. The van der Waals surface area contributed by atoms with Gasteiger partial charge in [0.05, 0.1) is 12.5 Å². The average molecular weight is 497 g/mol. The van der Waals surface area contributed by atoms with E-state index < -0.39 is 6.10 Å². The second kappa shape index (κ2) is 12.5. The third kappa shape index (κ3) is 7.96. The maximum absolute atomic E-state index is 13.0. The third-order valence-electron chi connectivity index (χ3n) is 5.87. The molecule has 1 aromatic heterocycles. The van der Waals surface area contributed by atoms with Gasteiger partial charge in [-0.3, -0.25) is 4.79 Å². The summed E-state index contributed by atoms with van der Waals surface area (Å²) in [7, 11) is 0. The van der Waals surface area contributed by atoms with Gasteiger partial charge in [0, 0.05) is 42.5 Å². The summed E-state index contributed by atoms with van der Waals surface area (Å²) in [6.45, 7) is 5.26. The van der Waals surface area contributed by atoms with Crippen molar-refractivity contribution in [1.82, 2.24) is 15.2 Å². The van der Waals surface area contributed by atoms with Crippen LogP contribution in [0.3, 0.4) is 0 Å². The maximum Gasteiger partial charge on any atom is 0.227 e. The molecule has 0 fully saturated rings. The minimum absolute atomic E-state index is 0.00420. The van der Waals surface area contributed by atoms with Crippen molar-refractivity contribution in [3.05, 3.63) is 88.1 Å². The Labute approximate surface area is 211 Å². The largest absolute Gasteiger partial charge is 0.508 e. The highest BCUT2D eigenvalue weighted by molar-refractivity contribution is 6.31. The molecule has 0 spiro atoms. The van der Waals surface area contributed by atoms with Gasteiger partial charge in [0.1, 0.15) is 11.6 Å². The molecule has 0 radical (unpaired) electrons. The SMILES string of the molecule is CCN(Cc1cc(O)ccc1Cl)C(=O)Cc1cccc(C[C@@H](C)NC[C@H](O)c2ccc(N)nc2)c1. The lowest BCUT2D eigenvalue weighted by Crippen LogP contribution is -2.32. The van der Waals surface area contributed by atoms with Gasteiger partial charge in [-0.25, -0.2) is 4.98 Å². The predicted octanol–water partition coefficient (Wildman–Crippen LogP) is 3.87. The van der Waals surface area contributed by atoms with Crippen molar-refractivity contribution >= 4 is 23.3 Å². The van der Waals surface area contributed by atoms with E-state index in [4.69, 9.17) is 17.3 Å². The topological polar surface area (TPSA) is 112 Å². The molecule has 8 heteroatoms. The van der Waals surface area contributed by atoms with Crippen LogP contribution in [0.2, 0.25) is 5.02 Å². The Morgan fingerprint density at radius 1 is 1.17 bits per heavy atom. The fraction of sp³-hybridized carbons (Fsp3) is 0.333. The first kappa shape index (κ1) is 26.5. The van der Waals surface area contributed by atoms with Crippen LogP contribution in [0.5, 0.6) is 5.75 Å². The number of hydrogen-bond acceptors (Lipinski definition) is 6. The lowest BCUT2D eigenvalue weighted by molar-refractivity contribution is -0.130.